The van der Waals surface area contributed by atoms with Gasteiger partial charge in [0.25, 0.3) is 0 Å². The molecule has 3 atom stereocenters. The Morgan fingerprint density at radius 3 is 2.62 bits per heavy atom. The van der Waals surface area contributed by atoms with Crippen molar-refractivity contribution >= 4 is 5.78 Å². The van der Waals surface area contributed by atoms with Crippen LogP contribution >= 0.6 is 0 Å². The average Bonchev–Trinajstić information content (AvgIpc) is 2.20. The van der Waals surface area contributed by atoms with Crippen LogP contribution in [-0.4, -0.2) is 5.78 Å². The predicted molar refractivity (Wildman–Crippen MR) is 69.3 cm³/mol. The molecule has 1 aliphatic rings. The van der Waals surface area contributed by atoms with Crippen LogP contribution in [0.1, 0.15) is 53.4 Å². The van der Waals surface area contributed by atoms with E-state index in [0.29, 0.717) is 23.5 Å². The smallest absolute Gasteiger partial charge is 0.158 e. The molecule has 0 bridgehead atoms. The van der Waals surface area contributed by atoms with Gasteiger partial charge < -0.3 is 0 Å². The van der Waals surface area contributed by atoms with Crippen LogP contribution in [0.3, 0.4) is 0 Å². The van der Waals surface area contributed by atoms with Gasteiger partial charge in [0, 0.05) is 5.92 Å². The van der Waals surface area contributed by atoms with Crippen molar-refractivity contribution in [2.75, 3.05) is 0 Å². The van der Waals surface area contributed by atoms with E-state index < -0.39 is 0 Å². The third-order valence-corrected chi connectivity index (χ3v) is 3.86. The van der Waals surface area contributed by atoms with Gasteiger partial charge in [0.15, 0.2) is 5.78 Å². The largest absolute Gasteiger partial charge is 0.295 e. The third-order valence-electron chi connectivity index (χ3n) is 3.86. The Kier molecular flexibility index (Phi) is 5.24. The minimum atomic E-state index is 0.294. The molecule has 0 aromatic carbocycles. The van der Waals surface area contributed by atoms with Crippen molar-refractivity contribution in [2.45, 2.75) is 53.4 Å². The Bertz CT molecular complexity index is 252. The monoisotopic (exact) mass is 222 g/mol. The fourth-order valence-corrected chi connectivity index (χ4v) is 3.07. The first-order valence-corrected chi connectivity index (χ1v) is 6.72. The van der Waals surface area contributed by atoms with Crippen LogP contribution in [-0.2, 0) is 4.79 Å². The molecule has 1 fully saturated rings. The molecule has 1 rings (SSSR count). The second kappa shape index (κ2) is 6.22. The van der Waals surface area contributed by atoms with Crippen LogP contribution in [0.25, 0.3) is 0 Å². The quantitative estimate of drug-likeness (QED) is 0.651. The van der Waals surface area contributed by atoms with Crippen molar-refractivity contribution in [2.24, 2.45) is 23.7 Å². The zero-order valence-corrected chi connectivity index (χ0v) is 11.2. The third kappa shape index (κ3) is 3.47. The zero-order chi connectivity index (χ0) is 12.1. The molecule has 1 heteroatoms. The maximum Gasteiger partial charge on any atom is 0.158 e. The number of hydrogen-bond donors (Lipinski definition) is 0. The maximum atomic E-state index is 12.0. The standard InChI is InChI=1S/C15H26O/c1-5-7-15(16)13-9-6-8-12(4)14(13)10-11(2)3/h5,7,11-14H,6,8-10H2,1-4H3/b7-5+. The molecule has 0 saturated heterocycles. The molecule has 0 aliphatic heterocycles. The summed E-state index contributed by atoms with van der Waals surface area (Å²) in [5.41, 5.74) is 0. The number of hydrogen-bond acceptors (Lipinski definition) is 1. The summed E-state index contributed by atoms with van der Waals surface area (Å²) < 4.78 is 0. The van der Waals surface area contributed by atoms with E-state index in [-0.39, 0.29) is 0 Å². The summed E-state index contributed by atoms with van der Waals surface area (Å²) in [6.45, 7) is 8.78. The highest BCUT2D eigenvalue weighted by atomic mass is 16.1. The number of carbonyl (C=O) groups is 1. The number of ketones is 1. The average molecular weight is 222 g/mol. The molecule has 1 nitrogen and oxygen atoms in total. The van der Waals surface area contributed by atoms with E-state index in [9.17, 15) is 4.79 Å². The molecule has 0 aromatic heterocycles. The summed E-state index contributed by atoms with van der Waals surface area (Å²) in [7, 11) is 0. The second-order valence-electron chi connectivity index (χ2n) is 5.71. The van der Waals surface area contributed by atoms with Crippen molar-refractivity contribution in [1.82, 2.24) is 0 Å². The summed E-state index contributed by atoms with van der Waals surface area (Å²) in [4.78, 5) is 12.0. The van der Waals surface area contributed by atoms with Gasteiger partial charge in [-0.3, -0.25) is 4.79 Å². The van der Waals surface area contributed by atoms with Gasteiger partial charge in [-0.25, -0.2) is 0 Å². The minimum absolute atomic E-state index is 0.294. The molecule has 3 unspecified atom stereocenters. The SMILES string of the molecule is C/C=C/C(=O)C1CCCC(C)C1CC(C)C. The predicted octanol–water partition coefficient (Wildman–Crippen LogP) is 4.23. The van der Waals surface area contributed by atoms with E-state index in [1.165, 1.54) is 19.3 Å². The van der Waals surface area contributed by atoms with E-state index >= 15 is 0 Å². The van der Waals surface area contributed by atoms with Gasteiger partial charge in [-0.15, -0.1) is 0 Å². The normalized spacial score (nSPS) is 31.2. The second-order valence-corrected chi connectivity index (χ2v) is 5.71. The Hall–Kier alpha value is -0.590. The van der Waals surface area contributed by atoms with Crippen molar-refractivity contribution in [3.63, 3.8) is 0 Å². The van der Waals surface area contributed by atoms with Gasteiger partial charge in [0.2, 0.25) is 0 Å². The van der Waals surface area contributed by atoms with Crippen LogP contribution < -0.4 is 0 Å². The van der Waals surface area contributed by atoms with Gasteiger partial charge in [-0.1, -0.05) is 39.7 Å². The maximum absolute atomic E-state index is 12.0. The number of carbonyl (C=O) groups excluding carboxylic acids is 1. The summed E-state index contributed by atoms with van der Waals surface area (Å²) in [5, 5.41) is 0. The van der Waals surface area contributed by atoms with Gasteiger partial charge in [0.1, 0.15) is 0 Å². The van der Waals surface area contributed by atoms with Crippen LogP contribution in [0.2, 0.25) is 0 Å². The molecule has 1 saturated carbocycles. The summed E-state index contributed by atoms with van der Waals surface area (Å²) >= 11 is 0. The highest BCUT2D eigenvalue weighted by Gasteiger charge is 2.34. The Balaban J connectivity index is 2.73. The Morgan fingerprint density at radius 2 is 2.06 bits per heavy atom. The minimum Gasteiger partial charge on any atom is -0.295 e. The molecule has 0 aromatic rings. The molecule has 1 aliphatic carbocycles. The van der Waals surface area contributed by atoms with Crippen molar-refractivity contribution in [3.8, 4) is 0 Å². The van der Waals surface area contributed by atoms with Crippen LogP contribution in [0.4, 0.5) is 0 Å². The lowest BCUT2D eigenvalue weighted by molar-refractivity contribution is -0.122. The lowest BCUT2D eigenvalue weighted by Crippen LogP contribution is -2.32. The van der Waals surface area contributed by atoms with Crippen LogP contribution in [0, 0.1) is 23.7 Å². The Morgan fingerprint density at radius 1 is 1.38 bits per heavy atom. The molecule has 0 amide bonds. The number of allylic oxidation sites excluding steroid dienone is 2. The van der Waals surface area contributed by atoms with E-state index in [1.54, 1.807) is 6.08 Å². The summed E-state index contributed by atoms with van der Waals surface area (Å²) in [5.74, 6) is 2.68. The fraction of sp³-hybridized carbons (Fsp3) is 0.800. The van der Waals surface area contributed by atoms with E-state index in [0.717, 1.165) is 12.3 Å². The molecule has 0 N–H and O–H groups in total. The first-order valence-electron chi connectivity index (χ1n) is 6.72. The highest BCUT2D eigenvalue weighted by Crippen LogP contribution is 2.39. The van der Waals surface area contributed by atoms with Crippen molar-refractivity contribution in [1.29, 1.82) is 0 Å². The van der Waals surface area contributed by atoms with Crippen LogP contribution in [0.5, 0.6) is 0 Å². The lowest BCUT2D eigenvalue weighted by atomic mass is 9.68. The van der Waals surface area contributed by atoms with Gasteiger partial charge in [-0.2, -0.15) is 0 Å². The van der Waals surface area contributed by atoms with Crippen LogP contribution in [0.15, 0.2) is 12.2 Å². The first-order chi connectivity index (χ1) is 7.56. The van der Waals surface area contributed by atoms with Gasteiger partial charge in [0.05, 0.1) is 0 Å². The highest BCUT2D eigenvalue weighted by molar-refractivity contribution is 5.91. The van der Waals surface area contributed by atoms with Gasteiger partial charge in [-0.05, 0) is 43.6 Å². The first kappa shape index (κ1) is 13.5. The fourth-order valence-electron chi connectivity index (χ4n) is 3.07. The van der Waals surface area contributed by atoms with E-state index in [1.807, 2.05) is 13.0 Å². The molecular weight excluding hydrogens is 196 g/mol. The topological polar surface area (TPSA) is 17.1 Å². The molecule has 16 heavy (non-hydrogen) atoms. The van der Waals surface area contributed by atoms with Crippen molar-refractivity contribution < 1.29 is 4.79 Å². The molecule has 0 spiro atoms. The summed E-state index contributed by atoms with van der Waals surface area (Å²) in [6.07, 6.45) is 8.49. The molecule has 0 heterocycles. The van der Waals surface area contributed by atoms with E-state index in [4.69, 9.17) is 0 Å². The molecule has 0 radical (unpaired) electrons. The van der Waals surface area contributed by atoms with Gasteiger partial charge >= 0.3 is 0 Å². The number of rotatable bonds is 4. The lowest BCUT2D eigenvalue weighted by Gasteiger charge is -2.36. The zero-order valence-electron chi connectivity index (χ0n) is 11.2. The molecule has 92 valence electrons. The van der Waals surface area contributed by atoms with Crippen molar-refractivity contribution in [3.05, 3.63) is 12.2 Å². The summed E-state index contributed by atoms with van der Waals surface area (Å²) in [6, 6.07) is 0. The molecular formula is C15H26O. The van der Waals surface area contributed by atoms with E-state index in [2.05, 4.69) is 20.8 Å². The Labute approximate surface area is 100 Å².